The molecular formula is C19H16N2O3S2. The molecule has 1 amide bonds. The number of nitrogens with one attached hydrogen (secondary N) is 1. The molecule has 0 spiro atoms. The van der Waals surface area contributed by atoms with Crippen LogP contribution in [-0.4, -0.2) is 23.4 Å². The van der Waals surface area contributed by atoms with Crippen LogP contribution in [0.4, 0.5) is 5.69 Å². The zero-order valence-corrected chi connectivity index (χ0v) is 15.8. The maximum absolute atomic E-state index is 12.7. The van der Waals surface area contributed by atoms with Crippen molar-refractivity contribution in [3.05, 3.63) is 58.1 Å². The second-order valence-electron chi connectivity index (χ2n) is 5.46. The molecule has 3 aromatic rings. The van der Waals surface area contributed by atoms with Gasteiger partial charge in [-0.2, -0.15) is 0 Å². The number of nitrogens with zero attached hydrogens (tertiary/aromatic N) is 1. The molecule has 0 aliphatic carbocycles. The summed E-state index contributed by atoms with van der Waals surface area (Å²) in [6.45, 7) is 1.35. The molecule has 0 saturated carbocycles. The summed E-state index contributed by atoms with van der Waals surface area (Å²) >= 11 is 6.81. The lowest BCUT2D eigenvalue weighted by Crippen LogP contribution is -2.20. The van der Waals surface area contributed by atoms with Gasteiger partial charge in [0, 0.05) is 6.20 Å². The topological polar surface area (TPSA) is 60.3 Å². The Morgan fingerprint density at radius 3 is 2.58 bits per heavy atom. The number of benzene rings is 2. The van der Waals surface area contributed by atoms with Gasteiger partial charge in [-0.15, -0.1) is 11.3 Å². The molecule has 0 saturated heterocycles. The summed E-state index contributed by atoms with van der Waals surface area (Å²) in [7, 11) is 1.52. The number of carbonyl (C=O) groups excluding carboxylic acids is 2. The van der Waals surface area contributed by atoms with Crippen molar-refractivity contribution in [1.29, 1.82) is 0 Å². The third-order valence-corrected chi connectivity index (χ3v) is 5.14. The fourth-order valence-electron chi connectivity index (χ4n) is 2.48. The van der Waals surface area contributed by atoms with Crippen LogP contribution in [0.2, 0.25) is 0 Å². The number of aromatic nitrogens is 1. The number of para-hydroxylation sites is 3. The van der Waals surface area contributed by atoms with E-state index in [0.29, 0.717) is 15.4 Å². The van der Waals surface area contributed by atoms with E-state index in [9.17, 15) is 9.59 Å². The Bertz CT molecular complexity index is 1080. The minimum atomic E-state index is -0.515. The van der Waals surface area contributed by atoms with Crippen LogP contribution in [0.15, 0.2) is 54.1 Å². The lowest BCUT2D eigenvalue weighted by Gasteiger charge is -2.11. The minimum absolute atomic E-state index is 0.00978. The van der Waals surface area contributed by atoms with E-state index < -0.39 is 5.91 Å². The highest BCUT2D eigenvalue weighted by atomic mass is 32.1. The standard InChI is InChI=1S/C19H16N2O3S2/c1-12(22)13(18(23)20-14-7-3-5-9-16(14)24-2)11-21-15-8-4-6-10-17(15)26-19(21)25/h3-11H,1-2H3,(H,20,23)/b13-11-. The van der Waals surface area contributed by atoms with Crippen LogP contribution in [0.1, 0.15) is 6.92 Å². The lowest BCUT2D eigenvalue weighted by atomic mass is 10.1. The van der Waals surface area contributed by atoms with Crippen molar-refractivity contribution in [3.63, 3.8) is 0 Å². The number of thiazole rings is 1. The molecule has 1 aromatic heterocycles. The highest BCUT2D eigenvalue weighted by molar-refractivity contribution is 7.73. The average molecular weight is 384 g/mol. The number of ketones is 1. The smallest absolute Gasteiger partial charge is 0.260 e. The third kappa shape index (κ3) is 3.58. The van der Waals surface area contributed by atoms with Gasteiger partial charge in [-0.3, -0.25) is 14.2 Å². The van der Waals surface area contributed by atoms with E-state index in [1.54, 1.807) is 28.8 Å². The summed E-state index contributed by atoms with van der Waals surface area (Å²) in [5.74, 6) is -0.352. The van der Waals surface area contributed by atoms with E-state index in [0.717, 1.165) is 10.2 Å². The molecule has 0 aliphatic rings. The summed E-state index contributed by atoms with van der Waals surface area (Å²) < 4.78 is 8.47. The van der Waals surface area contributed by atoms with Crippen LogP contribution in [0.5, 0.6) is 5.75 Å². The monoisotopic (exact) mass is 384 g/mol. The summed E-state index contributed by atoms with van der Waals surface area (Å²) in [5.41, 5.74) is 1.35. The maximum Gasteiger partial charge on any atom is 0.260 e. The van der Waals surface area contributed by atoms with Crippen molar-refractivity contribution in [2.24, 2.45) is 0 Å². The maximum atomic E-state index is 12.7. The number of rotatable bonds is 5. The number of hydrogen-bond donors (Lipinski definition) is 1. The predicted molar refractivity (Wildman–Crippen MR) is 107 cm³/mol. The van der Waals surface area contributed by atoms with Gasteiger partial charge >= 0.3 is 0 Å². The van der Waals surface area contributed by atoms with E-state index in [-0.39, 0.29) is 11.4 Å². The molecular weight excluding hydrogens is 368 g/mol. The van der Waals surface area contributed by atoms with E-state index in [2.05, 4.69) is 5.32 Å². The molecule has 0 bridgehead atoms. The zero-order valence-electron chi connectivity index (χ0n) is 14.2. The largest absolute Gasteiger partial charge is 0.495 e. The summed E-state index contributed by atoms with van der Waals surface area (Å²) in [5, 5.41) is 2.73. The number of anilines is 1. The number of ether oxygens (including phenoxy) is 1. The van der Waals surface area contributed by atoms with Gasteiger partial charge in [0.15, 0.2) is 9.74 Å². The molecule has 0 fully saturated rings. The molecule has 1 N–H and O–H groups in total. The van der Waals surface area contributed by atoms with Crippen LogP contribution in [0.25, 0.3) is 16.4 Å². The van der Waals surface area contributed by atoms with Crippen molar-refractivity contribution in [2.45, 2.75) is 6.92 Å². The van der Waals surface area contributed by atoms with Gasteiger partial charge in [0.1, 0.15) is 5.75 Å². The van der Waals surface area contributed by atoms with Crippen molar-refractivity contribution < 1.29 is 14.3 Å². The normalized spacial score (nSPS) is 11.4. The van der Waals surface area contributed by atoms with E-state index in [4.69, 9.17) is 17.0 Å². The van der Waals surface area contributed by atoms with Gasteiger partial charge < -0.3 is 10.1 Å². The molecule has 132 valence electrons. The molecule has 0 radical (unpaired) electrons. The van der Waals surface area contributed by atoms with Crippen LogP contribution in [0, 0.1) is 3.95 Å². The van der Waals surface area contributed by atoms with Crippen molar-refractivity contribution in [3.8, 4) is 5.75 Å². The Morgan fingerprint density at radius 2 is 1.85 bits per heavy atom. The van der Waals surface area contributed by atoms with Gasteiger partial charge in [-0.05, 0) is 43.4 Å². The SMILES string of the molecule is COc1ccccc1NC(=O)/C(=C\n1c(=S)sc2ccccc21)C(C)=O. The van der Waals surface area contributed by atoms with Crippen LogP contribution < -0.4 is 10.1 Å². The van der Waals surface area contributed by atoms with Gasteiger partial charge in [0.25, 0.3) is 5.91 Å². The fraction of sp³-hybridized carbons (Fsp3) is 0.105. The molecule has 5 nitrogen and oxygen atoms in total. The van der Waals surface area contributed by atoms with Gasteiger partial charge in [0.05, 0.1) is 28.6 Å². The number of amides is 1. The van der Waals surface area contributed by atoms with Gasteiger partial charge in [-0.25, -0.2) is 0 Å². The second kappa shape index (κ2) is 7.63. The van der Waals surface area contributed by atoms with Crippen LogP contribution in [-0.2, 0) is 9.59 Å². The number of methoxy groups -OCH3 is 1. The van der Waals surface area contributed by atoms with Crippen molar-refractivity contribution in [1.82, 2.24) is 4.57 Å². The van der Waals surface area contributed by atoms with Gasteiger partial charge in [-0.1, -0.05) is 24.3 Å². The number of Topliss-reactive ketones (excluding diaryl/α,β-unsaturated/α-hetero) is 1. The molecule has 0 atom stereocenters. The Kier molecular flexibility index (Phi) is 5.29. The first-order chi connectivity index (χ1) is 12.5. The fourth-order valence-corrected chi connectivity index (χ4v) is 3.76. The first kappa shape index (κ1) is 18.0. The minimum Gasteiger partial charge on any atom is -0.495 e. The van der Waals surface area contributed by atoms with Crippen LogP contribution >= 0.6 is 23.6 Å². The molecule has 2 aromatic carbocycles. The van der Waals surface area contributed by atoms with Gasteiger partial charge in [0.2, 0.25) is 0 Å². The summed E-state index contributed by atoms with van der Waals surface area (Å²) in [4.78, 5) is 24.8. The highest BCUT2D eigenvalue weighted by Gasteiger charge is 2.17. The molecule has 0 aliphatic heterocycles. The molecule has 0 unspecified atom stereocenters. The molecule has 26 heavy (non-hydrogen) atoms. The Morgan fingerprint density at radius 1 is 1.15 bits per heavy atom. The first-order valence-electron chi connectivity index (χ1n) is 7.78. The molecule has 3 rings (SSSR count). The summed E-state index contributed by atoms with van der Waals surface area (Å²) in [6, 6.07) is 14.7. The average Bonchev–Trinajstić information content (AvgIpc) is 2.94. The third-order valence-electron chi connectivity index (χ3n) is 3.76. The summed E-state index contributed by atoms with van der Waals surface area (Å²) in [6.07, 6.45) is 1.49. The highest BCUT2D eigenvalue weighted by Crippen LogP contribution is 2.26. The van der Waals surface area contributed by atoms with Crippen molar-refractivity contribution >= 4 is 57.3 Å². The van der Waals surface area contributed by atoms with Crippen LogP contribution in [0.3, 0.4) is 0 Å². The second-order valence-corrected chi connectivity index (χ2v) is 7.13. The Hall–Kier alpha value is -2.77. The number of fused-ring (bicyclic) bond motifs is 1. The van der Waals surface area contributed by atoms with Crippen molar-refractivity contribution in [2.75, 3.05) is 12.4 Å². The molecule has 1 heterocycles. The Labute approximate surface area is 159 Å². The lowest BCUT2D eigenvalue weighted by molar-refractivity contribution is -0.118. The predicted octanol–water partition coefficient (Wildman–Crippen LogP) is 4.51. The number of carbonyl (C=O) groups is 2. The molecule has 7 heteroatoms. The van der Waals surface area contributed by atoms with E-state index in [1.807, 2.05) is 24.3 Å². The quantitative estimate of drug-likeness (QED) is 0.304. The van der Waals surface area contributed by atoms with E-state index in [1.165, 1.54) is 31.6 Å². The first-order valence-corrected chi connectivity index (χ1v) is 9.01. The Balaban J connectivity index is 2.02. The zero-order chi connectivity index (χ0) is 18.7. The number of hydrogen-bond acceptors (Lipinski definition) is 5. The van der Waals surface area contributed by atoms with E-state index >= 15 is 0 Å².